The van der Waals surface area contributed by atoms with E-state index in [-0.39, 0.29) is 11.2 Å². The lowest BCUT2D eigenvalue weighted by atomic mass is 9.89. The van der Waals surface area contributed by atoms with Gasteiger partial charge in [0.05, 0.1) is 6.20 Å². The Morgan fingerprint density at radius 3 is 2.71 bits per heavy atom. The third-order valence-corrected chi connectivity index (χ3v) is 2.94. The number of hydrogen-bond donors (Lipinski definition) is 1. The highest BCUT2D eigenvalue weighted by atomic mass is 16.4. The molecule has 1 fully saturated rings. The van der Waals surface area contributed by atoms with E-state index >= 15 is 0 Å². The van der Waals surface area contributed by atoms with Crippen LogP contribution in [0, 0.1) is 0 Å². The zero-order valence-electron chi connectivity index (χ0n) is 8.12. The molecule has 0 saturated heterocycles. The van der Waals surface area contributed by atoms with Gasteiger partial charge in [0.15, 0.2) is 0 Å². The van der Waals surface area contributed by atoms with Gasteiger partial charge in [0.2, 0.25) is 11.7 Å². The lowest BCUT2D eigenvalue weighted by Gasteiger charge is -2.17. The molecular formula is C10H13NO3. The fourth-order valence-corrected chi connectivity index (χ4v) is 2.02. The van der Waals surface area contributed by atoms with Crippen molar-refractivity contribution in [3.8, 4) is 0 Å². The second kappa shape index (κ2) is 3.12. The fraction of sp³-hybridized carbons (Fsp3) is 0.600. The molecule has 1 heterocycles. The summed E-state index contributed by atoms with van der Waals surface area (Å²) in [5.41, 5.74) is -0.0479. The second-order valence-corrected chi connectivity index (χ2v) is 4.10. The molecule has 4 nitrogen and oxygen atoms in total. The monoisotopic (exact) mass is 195 g/mol. The van der Waals surface area contributed by atoms with Crippen LogP contribution in [0.1, 0.15) is 49.1 Å². The van der Waals surface area contributed by atoms with Crippen molar-refractivity contribution in [1.29, 1.82) is 0 Å². The van der Waals surface area contributed by atoms with Crippen LogP contribution in [0.3, 0.4) is 0 Å². The van der Waals surface area contributed by atoms with Crippen LogP contribution >= 0.6 is 0 Å². The summed E-state index contributed by atoms with van der Waals surface area (Å²) < 4.78 is 5.22. The van der Waals surface area contributed by atoms with Gasteiger partial charge in [0, 0.05) is 5.41 Å². The van der Waals surface area contributed by atoms with Gasteiger partial charge >= 0.3 is 5.97 Å². The van der Waals surface area contributed by atoms with Crippen molar-refractivity contribution in [2.45, 2.75) is 38.0 Å². The van der Waals surface area contributed by atoms with E-state index in [1.807, 2.05) is 0 Å². The van der Waals surface area contributed by atoms with Crippen LogP contribution in [0.5, 0.6) is 0 Å². The van der Waals surface area contributed by atoms with Gasteiger partial charge < -0.3 is 9.52 Å². The minimum Gasteiger partial charge on any atom is -0.475 e. The average Bonchev–Trinajstić information content (AvgIpc) is 2.71. The maximum atomic E-state index is 10.6. The van der Waals surface area contributed by atoms with Crippen molar-refractivity contribution < 1.29 is 14.3 Å². The summed E-state index contributed by atoms with van der Waals surface area (Å²) in [5.74, 6) is -0.536. The Bertz CT molecular complexity index is 350. The lowest BCUT2D eigenvalue weighted by Crippen LogP contribution is -2.16. The summed E-state index contributed by atoms with van der Waals surface area (Å²) in [6.07, 6.45) is 5.70. The molecule has 76 valence electrons. The van der Waals surface area contributed by atoms with Gasteiger partial charge in [0.25, 0.3) is 0 Å². The van der Waals surface area contributed by atoms with Crippen molar-refractivity contribution in [2.75, 3.05) is 0 Å². The van der Waals surface area contributed by atoms with E-state index in [9.17, 15) is 4.79 Å². The fourth-order valence-electron chi connectivity index (χ4n) is 2.02. The Kier molecular flexibility index (Phi) is 2.06. The third-order valence-electron chi connectivity index (χ3n) is 2.94. The van der Waals surface area contributed by atoms with E-state index in [0.717, 1.165) is 12.8 Å². The molecule has 1 saturated carbocycles. The molecule has 1 N–H and O–H groups in total. The molecule has 0 atom stereocenters. The Morgan fingerprint density at radius 1 is 1.57 bits per heavy atom. The molecule has 0 radical (unpaired) electrons. The van der Waals surface area contributed by atoms with E-state index in [2.05, 4.69) is 11.9 Å². The summed E-state index contributed by atoms with van der Waals surface area (Å²) in [7, 11) is 0. The van der Waals surface area contributed by atoms with Gasteiger partial charge in [-0.05, 0) is 12.8 Å². The zero-order chi connectivity index (χ0) is 10.2. The molecular weight excluding hydrogens is 182 g/mol. The maximum Gasteiger partial charge on any atom is 0.373 e. The van der Waals surface area contributed by atoms with E-state index in [1.54, 1.807) is 0 Å². The average molecular weight is 195 g/mol. The summed E-state index contributed by atoms with van der Waals surface area (Å²) in [6, 6.07) is 0. The van der Waals surface area contributed by atoms with Crippen LogP contribution in [0.2, 0.25) is 0 Å². The molecule has 2 rings (SSSR count). The molecule has 0 amide bonds. The van der Waals surface area contributed by atoms with Crippen molar-refractivity contribution >= 4 is 5.97 Å². The number of hydrogen-bond acceptors (Lipinski definition) is 3. The lowest BCUT2D eigenvalue weighted by molar-refractivity contribution is 0.0658. The van der Waals surface area contributed by atoms with Gasteiger partial charge in [-0.25, -0.2) is 9.78 Å². The molecule has 0 spiro atoms. The van der Waals surface area contributed by atoms with Gasteiger partial charge in [-0.15, -0.1) is 0 Å². The number of carbonyl (C=O) groups is 1. The standard InChI is InChI=1S/C10H13NO3/c1-10(4-2-3-5-10)9-11-6-7(14-9)8(12)13/h6H,2-5H2,1H3,(H,12,13). The Balaban J connectivity index is 2.28. The van der Waals surface area contributed by atoms with E-state index in [1.165, 1.54) is 19.0 Å². The number of carboxylic acids is 1. The molecule has 1 aliphatic carbocycles. The Labute approximate surface area is 81.9 Å². The molecule has 0 unspecified atom stereocenters. The Morgan fingerprint density at radius 2 is 2.21 bits per heavy atom. The summed E-state index contributed by atoms with van der Waals surface area (Å²) in [6.45, 7) is 2.08. The predicted octanol–water partition coefficient (Wildman–Crippen LogP) is 2.20. The van der Waals surface area contributed by atoms with E-state index in [0.29, 0.717) is 5.89 Å². The van der Waals surface area contributed by atoms with Gasteiger partial charge in [-0.3, -0.25) is 0 Å². The first-order valence-electron chi connectivity index (χ1n) is 4.81. The number of nitrogens with zero attached hydrogens (tertiary/aromatic N) is 1. The van der Waals surface area contributed by atoms with Crippen LogP contribution in [0.25, 0.3) is 0 Å². The topological polar surface area (TPSA) is 63.3 Å². The highest BCUT2D eigenvalue weighted by molar-refractivity contribution is 5.83. The van der Waals surface area contributed by atoms with Gasteiger partial charge in [0.1, 0.15) is 0 Å². The third kappa shape index (κ3) is 1.41. The SMILES string of the molecule is CC1(c2ncc(C(=O)O)o2)CCCC1. The first kappa shape index (κ1) is 9.24. The molecule has 1 aromatic rings. The maximum absolute atomic E-state index is 10.6. The number of oxazole rings is 1. The van der Waals surface area contributed by atoms with Crippen LogP contribution < -0.4 is 0 Å². The van der Waals surface area contributed by atoms with Crippen molar-refractivity contribution in [3.05, 3.63) is 17.8 Å². The zero-order valence-corrected chi connectivity index (χ0v) is 8.12. The minimum absolute atomic E-state index is 0.0479. The number of aromatic nitrogens is 1. The largest absolute Gasteiger partial charge is 0.475 e. The number of carboxylic acid groups (broad SMARTS) is 1. The van der Waals surface area contributed by atoms with Gasteiger partial charge in [-0.2, -0.15) is 0 Å². The molecule has 1 aliphatic rings. The van der Waals surface area contributed by atoms with Crippen LogP contribution in [0.15, 0.2) is 10.6 Å². The molecule has 0 aromatic carbocycles. The molecule has 0 aliphatic heterocycles. The number of rotatable bonds is 2. The predicted molar refractivity (Wildman–Crippen MR) is 49.3 cm³/mol. The summed E-state index contributed by atoms with van der Waals surface area (Å²) in [5, 5.41) is 8.69. The van der Waals surface area contributed by atoms with Crippen LogP contribution in [-0.4, -0.2) is 16.1 Å². The molecule has 1 aromatic heterocycles. The molecule has 0 bridgehead atoms. The van der Waals surface area contributed by atoms with Crippen molar-refractivity contribution in [1.82, 2.24) is 4.98 Å². The molecule has 14 heavy (non-hydrogen) atoms. The van der Waals surface area contributed by atoms with Crippen LogP contribution in [0.4, 0.5) is 0 Å². The summed E-state index contributed by atoms with van der Waals surface area (Å²) in [4.78, 5) is 14.6. The minimum atomic E-state index is -1.05. The van der Waals surface area contributed by atoms with E-state index < -0.39 is 5.97 Å². The van der Waals surface area contributed by atoms with Crippen LogP contribution in [-0.2, 0) is 5.41 Å². The highest BCUT2D eigenvalue weighted by Gasteiger charge is 2.35. The Hall–Kier alpha value is -1.32. The first-order chi connectivity index (χ1) is 6.62. The number of aromatic carboxylic acids is 1. The highest BCUT2D eigenvalue weighted by Crippen LogP contribution is 2.39. The van der Waals surface area contributed by atoms with E-state index in [4.69, 9.17) is 9.52 Å². The quantitative estimate of drug-likeness (QED) is 0.785. The summed E-state index contributed by atoms with van der Waals surface area (Å²) >= 11 is 0. The van der Waals surface area contributed by atoms with Crippen molar-refractivity contribution in [2.24, 2.45) is 0 Å². The second-order valence-electron chi connectivity index (χ2n) is 4.10. The smallest absolute Gasteiger partial charge is 0.373 e. The normalized spacial score (nSPS) is 19.8. The first-order valence-corrected chi connectivity index (χ1v) is 4.81. The molecule has 4 heteroatoms. The van der Waals surface area contributed by atoms with Gasteiger partial charge in [-0.1, -0.05) is 19.8 Å². The van der Waals surface area contributed by atoms with Crippen molar-refractivity contribution in [3.63, 3.8) is 0 Å².